The number of hydrogen-bond donors (Lipinski definition) is 1. The van der Waals surface area contributed by atoms with Gasteiger partial charge in [0.1, 0.15) is 5.58 Å². The van der Waals surface area contributed by atoms with E-state index in [9.17, 15) is 9.59 Å². The number of rotatable bonds is 4. The zero-order chi connectivity index (χ0) is 19.8. The summed E-state index contributed by atoms with van der Waals surface area (Å²) in [7, 11) is 0. The summed E-state index contributed by atoms with van der Waals surface area (Å²) in [5.74, 6) is -0.0147. The summed E-state index contributed by atoms with van der Waals surface area (Å²) >= 11 is 5.99. The largest absolute Gasteiger partial charge is 0.454 e. The van der Waals surface area contributed by atoms with Crippen LogP contribution in [0.15, 0.2) is 40.8 Å². The monoisotopic (exact) mass is 401 g/mol. The third kappa shape index (κ3) is 3.36. The number of aryl methyl sites for hydroxylation is 1. The highest BCUT2D eigenvalue weighted by atomic mass is 35.5. The van der Waals surface area contributed by atoms with Gasteiger partial charge >= 0.3 is 5.97 Å². The molecule has 1 aliphatic heterocycles. The van der Waals surface area contributed by atoms with Gasteiger partial charge in [0, 0.05) is 27.7 Å². The predicted octanol–water partition coefficient (Wildman–Crippen LogP) is 4.31. The second-order valence-corrected chi connectivity index (χ2v) is 6.74. The SMILES string of the molecule is Cc1c(C(=O)O[C@@H](C)C(=O)Nc2ccc3c(c2)OCO3)oc2ccc(Cl)cc12. The van der Waals surface area contributed by atoms with E-state index in [0.29, 0.717) is 33.4 Å². The second kappa shape index (κ2) is 7.09. The van der Waals surface area contributed by atoms with E-state index in [1.165, 1.54) is 6.92 Å². The molecule has 1 aromatic heterocycles. The Kier molecular flexibility index (Phi) is 4.60. The predicted molar refractivity (Wildman–Crippen MR) is 102 cm³/mol. The van der Waals surface area contributed by atoms with Crippen molar-refractivity contribution >= 4 is 40.1 Å². The van der Waals surface area contributed by atoms with E-state index >= 15 is 0 Å². The van der Waals surface area contributed by atoms with E-state index < -0.39 is 18.0 Å². The molecule has 144 valence electrons. The van der Waals surface area contributed by atoms with Crippen molar-refractivity contribution in [1.82, 2.24) is 0 Å². The van der Waals surface area contributed by atoms with Crippen LogP contribution >= 0.6 is 11.6 Å². The number of carbonyl (C=O) groups excluding carboxylic acids is 2. The van der Waals surface area contributed by atoms with Crippen LogP contribution in [0.3, 0.4) is 0 Å². The van der Waals surface area contributed by atoms with Crippen molar-refractivity contribution in [1.29, 1.82) is 0 Å². The van der Waals surface area contributed by atoms with Crippen molar-refractivity contribution in [3.63, 3.8) is 0 Å². The zero-order valence-electron chi connectivity index (χ0n) is 15.1. The lowest BCUT2D eigenvalue weighted by molar-refractivity contribution is -0.123. The molecule has 0 radical (unpaired) electrons. The minimum Gasteiger partial charge on any atom is -0.454 e. The number of anilines is 1. The molecule has 0 saturated carbocycles. The lowest BCUT2D eigenvalue weighted by Gasteiger charge is -2.13. The number of amides is 1. The molecule has 1 amide bonds. The molecule has 0 aliphatic carbocycles. The standard InChI is InChI=1S/C20H16ClNO6/c1-10-14-7-12(21)3-5-15(14)28-18(10)20(24)27-11(2)19(23)22-13-4-6-16-17(8-13)26-9-25-16/h3-8,11H,9H2,1-2H3,(H,22,23)/t11-/m0/s1. The highest BCUT2D eigenvalue weighted by Crippen LogP contribution is 2.34. The Morgan fingerprint density at radius 2 is 1.93 bits per heavy atom. The van der Waals surface area contributed by atoms with E-state index in [-0.39, 0.29) is 12.6 Å². The first-order chi connectivity index (χ1) is 13.4. The Hall–Kier alpha value is -3.19. The number of halogens is 1. The highest BCUT2D eigenvalue weighted by molar-refractivity contribution is 6.31. The van der Waals surface area contributed by atoms with Crippen molar-refractivity contribution < 1.29 is 28.2 Å². The van der Waals surface area contributed by atoms with Crippen LogP contribution in [0.25, 0.3) is 11.0 Å². The van der Waals surface area contributed by atoms with E-state index in [1.807, 2.05) is 0 Å². The number of fused-ring (bicyclic) bond motifs is 2. The fourth-order valence-electron chi connectivity index (χ4n) is 2.87. The topological polar surface area (TPSA) is 87.0 Å². The van der Waals surface area contributed by atoms with Crippen LogP contribution < -0.4 is 14.8 Å². The number of ether oxygens (including phenoxy) is 3. The summed E-state index contributed by atoms with van der Waals surface area (Å²) in [5, 5.41) is 3.93. The molecule has 7 nitrogen and oxygen atoms in total. The van der Waals surface area contributed by atoms with Crippen LogP contribution in [-0.4, -0.2) is 24.8 Å². The molecule has 2 heterocycles. The molecule has 0 bridgehead atoms. The maximum atomic E-state index is 12.5. The molecule has 4 rings (SSSR count). The second-order valence-electron chi connectivity index (χ2n) is 6.30. The fourth-order valence-corrected chi connectivity index (χ4v) is 3.05. The van der Waals surface area contributed by atoms with Gasteiger partial charge in [-0.25, -0.2) is 4.79 Å². The molecule has 0 spiro atoms. The molecule has 3 aromatic rings. The zero-order valence-corrected chi connectivity index (χ0v) is 15.8. The highest BCUT2D eigenvalue weighted by Gasteiger charge is 2.25. The van der Waals surface area contributed by atoms with Gasteiger partial charge in [0.15, 0.2) is 17.6 Å². The van der Waals surface area contributed by atoms with E-state index in [1.54, 1.807) is 43.3 Å². The molecular formula is C20H16ClNO6. The van der Waals surface area contributed by atoms with Crippen LogP contribution in [0.2, 0.25) is 5.02 Å². The molecule has 1 atom stereocenters. The quantitative estimate of drug-likeness (QED) is 0.655. The van der Waals surface area contributed by atoms with Gasteiger partial charge in [-0.2, -0.15) is 0 Å². The average Bonchev–Trinajstić information content (AvgIpc) is 3.26. The number of hydrogen-bond acceptors (Lipinski definition) is 6. The molecule has 0 saturated heterocycles. The Labute approximate surface area is 165 Å². The molecule has 1 aliphatic rings. The van der Waals surface area contributed by atoms with Gasteiger partial charge in [-0.15, -0.1) is 0 Å². The Bertz CT molecular complexity index is 1090. The van der Waals surface area contributed by atoms with Crippen molar-refractivity contribution in [2.45, 2.75) is 20.0 Å². The Morgan fingerprint density at radius 1 is 1.14 bits per heavy atom. The number of furan rings is 1. The molecule has 8 heteroatoms. The summed E-state index contributed by atoms with van der Waals surface area (Å²) in [5.41, 5.74) is 1.63. The van der Waals surface area contributed by atoms with Crippen LogP contribution in [0.1, 0.15) is 23.0 Å². The maximum Gasteiger partial charge on any atom is 0.375 e. The first-order valence-corrected chi connectivity index (χ1v) is 8.90. The smallest absolute Gasteiger partial charge is 0.375 e. The van der Waals surface area contributed by atoms with E-state index in [2.05, 4.69) is 5.32 Å². The van der Waals surface area contributed by atoms with Gasteiger partial charge in [-0.1, -0.05) is 11.6 Å². The van der Waals surface area contributed by atoms with Crippen molar-refractivity contribution in [2.24, 2.45) is 0 Å². The van der Waals surface area contributed by atoms with Crippen molar-refractivity contribution in [3.05, 3.63) is 52.7 Å². The number of esters is 1. The van der Waals surface area contributed by atoms with E-state index in [4.69, 9.17) is 30.2 Å². The first kappa shape index (κ1) is 18.2. The third-order valence-corrected chi connectivity index (χ3v) is 4.61. The lowest BCUT2D eigenvalue weighted by Crippen LogP contribution is -2.30. The fraction of sp³-hybridized carbons (Fsp3) is 0.200. The van der Waals surface area contributed by atoms with E-state index in [0.717, 1.165) is 5.39 Å². The van der Waals surface area contributed by atoms with Crippen molar-refractivity contribution in [2.75, 3.05) is 12.1 Å². The Balaban J connectivity index is 1.45. The maximum absolute atomic E-state index is 12.5. The number of carbonyl (C=O) groups is 2. The van der Waals surface area contributed by atoms with Gasteiger partial charge in [-0.05, 0) is 44.2 Å². The summed E-state index contributed by atoms with van der Waals surface area (Å²) < 4.78 is 21.3. The molecule has 0 unspecified atom stereocenters. The normalized spacial score (nSPS) is 13.4. The lowest BCUT2D eigenvalue weighted by atomic mass is 10.1. The van der Waals surface area contributed by atoms with Gasteiger partial charge in [-0.3, -0.25) is 4.79 Å². The minimum atomic E-state index is -1.03. The molecule has 28 heavy (non-hydrogen) atoms. The van der Waals surface area contributed by atoms with Crippen LogP contribution in [-0.2, 0) is 9.53 Å². The minimum absolute atomic E-state index is 0.0417. The molecule has 1 N–H and O–H groups in total. The summed E-state index contributed by atoms with van der Waals surface area (Å²) in [6, 6.07) is 10.1. The number of nitrogens with one attached hydrogen (secondary N) is 1. The molecular weight excluding hydrogens is 386 g/mol. The Morgan fingerprint density at radius 3 is 2.75 bits per heavy atom. The average molecular weight is 402 g/mol. The van der Waals surface area contributed by atoms with Gasteiger partial charge < -0.3 is 23.9 Å². The van der Waals surface area contributed by atoms with Gasteiger partial charge in [0.2, 0.25) is 12.6 Å². The first-order valence-electron chi connectivity index (χ1n) is 8.52. The summed E-state index contributed by atoms with van der Waals surface area (Å²) in [4.78, 5) is 24.8. The van der Waals surface area contributed by atoms with Crippen molar-refractivity contribution in [3.8, 4) is 11.5 Å². The van der Waals surface area contributed by atoms with Crippen LogP contribution in [0.4, 0.5) is 5.69 Å². The van der Waals surface area contributed by atoms with Gasteiger partial charge in [0.05, 0.1) is 0 Å². The molecule has 0 fully saturated rings. The third-order valence-electron chi connectivity index (χ3n) is 4.38. The summed E-state index contributed by atoms with van der Waals surface area (Å²) in [6.07, 6.45) is -1.03. The molecule has 2 aromatic carbocycles. The van der Waals surface area contributed by atoms with Gasteiger partial charge in [0.25, 0.3) is 5.91 Å². The van der Waals surface area contributed by atoms with Crippen LogP contribution in [0, 0.1) is 6.92 Å². The number of benzene rings is 2. The van der Waals surface area contributed by atoms with Crippen LogP contribution in [0.5, 0.6) is 11.5 Å². The summed E-state index contributed by atoms with van der Waals surface area (Å²) in [6.45, 7) is 3.36.